The molecular formula is C12H17Cl2N3O3. The van der Waals surface area contributed by atoms with Crippen molar-refractivity contribution in [2.24, 2.45) is 0 Å². The minimum atomic E-state index is -0.383. The molecule has 0 amide bonds. The van der Waals surface area contributed by atoms with Gasteiger partial charge in [0.1, 0.15) is 5.69 Å². The van der Waals surface area contributed by atoms with Gasteiger partial charge in [-0.15, -0.1) is 12.4 Å². The van der Waals surface area contributed by atoms with Gasteiger partial charge in [-0.3, -0.25) is 15.0 Å². The highest BCUT2D eigenvalue weighted by atomic mass is 35.5. The van der Waals surface area contributed by atoms with Gasteiger partial charge in [0.25, 0.3) is 5.69 Å². The van der Waals surface area contributed by atoms with Crippen LogP contribution in [0.3, 0.4) is 0 Å². The van der Waals surface area contributed by atoms with E-state index >= 15 is 0 Å². The van der Waals surface area contributed by atoms with Crippen LogP contribution in [0.25, 0.3) is 0 Å². The molecular weight excluding hydrogens is 305 g/mol. The second kappa shape index (κ2) is 7.64. The fourth-order valence-corrected chi connectivity index (χ4v) is 2.42. The van der Waals surface area contributed by atoms with Crippen molar-refractivity contribution in [2.45, 2.75) is 0 Å². The Bertz CT molecular complexity index is 465. The summed E-state index contributed by atoms with van der Waals surface area (Å²) in [6, 6.07) is 4.62. The number of halogens is 2. The number of hydrogen-bond donors (Lipinski definition) is 1. The Morgan fingerprint density at radius 1 is 1.30 bits per heavy atom. The van der Waals surface area contributed by atoms with E-state index in [1.807, 2.05) is 4.90 Å². The van der Waals surface area contributed by atoms with Crippen LogP contribution in [-0.4, -0.2) is 54.3 Å². The van der Waals surface area contributed by atoms with Gasteiger partial charge in [0.2, 0.25) is 0 Å². The first-order valence-corrected chi connectivity index (χ1v) is 6.51. The first-order valence-electron chi connectivity index (χ1n) is 6.14. The van der Waals surface area contributed by atoms with Crippen LogP contribution in [0.5, 0.6) is 0 Å². The van der Waals surface area contributed by atoms with Crippen LogP contribution in [0, 0.1) is 10.1 Å². The van der Waals surface area contributed by atoms with Crippen molar-refractivity contribution in [1.29, 1.82) is 0 Å². The van der Waals surface area contributed by atoms with Crippen LogP contribution >= 0.6 is 24.0 Å². The Hall–Kier alpha value is -1.08. The van der Waals surface area contributed by atoms with Gasteiger partial charge >= 0.3 is 0 Å². The van der Waals surface area contributed by atoms with Gasteiger partial charge in [-0.2, -0.15) is 0 Å². The highest BCUT2D eigenvalue weighted by Gasteiger charge is 2.23. The maximum Gasteiger partial charge on any atom is 0.292 e. The monoisotopic (exact) mass is 321 g/mol. The van der Waals surface area contributed by atoms with Crippen molar-refractivity contribution in [3.05, 3.63) is 33.3 Å². The molecule has 0 aromatic heterocycles. The molecule has 2 rings (SSSR count). The fourth-order valence-electron chi connectivity index (χ4n) is 2.26. The zero-order valence-electron chi connectivity index (χ0n) is 10.9. The Kier molecular flexibility index (Phi) is 6.48. The molecule has 0 spiro atoms. The van der Waals surface area contributed by atoms with E-state index in [0.29, 0.717) is 30.3 Å². The van der Waals surface area contributed by atoms with Crippen molar-refractivity contribution in [2.75, 3.05) is 44.2 Å². The number of rotatable bonds is 4. The van der Waals surface area contributed by atoms with Crippen molar-refractivity contribution < 1.29 is 10.0 Å². The molecule has 1 aromatic carbocycles. The topological polar surface area (TPSA) is 69.9 Å². The van der Waals surface area contributed by atoms with Gasteiger partial charge < -0.3 is 10.0 Å². The Balaban J connectivity index is 0.00000200. The Morgan fingerprint density at radius 3 is 2.50 bits per heavy atom. The lowest BCUT2D eigenvalue weighted by molar-refractivity contribution is -0.384. The molecule has 0 radical (unpaired) electrons. The number of aliphatic hydroxyl groups excluding tert-OH is 1. The summed E-state index contributed by atoms with van der Waals surface area (Å²) < 4.78 is 0. The number of nitro groups is 1. The van der Waals surface area contributed by atoms with E-state index in [-0.39, 0.29) is 29.6 Å². The van der Waals surface area contributed by atoms with Crippen LogP contribution in [-0.2, 0) is 0 Å². The molecule has 0 aliphatic carbocycles. The highest BCUT2D eigenvalue weighted by molar-refractivity contribution is 6.31. The lowest BCUT2D eigenvalue weighted by atomic mass is 10.2. The first-order chi connectivity index (χ1) is 9.11. The molecule has 20 heavy (non-hydrogen) atoms. The number of anilines is 1. The molecule has 1 heterocycles. The Labute approximate surface area is 128 Å². The molecule has 1 aliphatic rings. The number of aliphatic hydroxyl groups is 1. The van der Waals surface area contributed by atoms with E-state index in [4.69, 9.17) is 16.7 Å². The molecule has 1 N–H and O–H groups in total. The van der Waals surface area contributed by atoms with E-state index in [1.165, 1.54) is 12.1 Å². The standard InChI is InChI=1S/C12H16ClN3O3.ClH/c13-10-1-2-11(16(18)19)12(9-10)15-5-3-14(4-6-15)7-8-17;/h1-2,9,17H,3-8H2;1H. The van der Waals surface area contributed by atoms with E-state index in [2.05, 4.69) is 4.90 Å². The van der Waals surface area contributed by atoms with Crippen LogP contribution in [0.1, 0.15) is 0 Å². The Morgan fingerprint density at radius 2 is 1.95 bits per heavy atom. The second-order valence-corrected chi connectivity index (χ2v) is 4.88. The molecule has 0 bridgehead atoms. The SMILES string of the molecule is Cl.O=[N+]([O-])c1ccc(Cl)cc1N1CCN(CCO)CC1. The van der Waals surface area contributed by atoms with Gasteiger partial charge in [0.15, 0.2) is 0 Å². The summed E-state index contributed by atoms with van der Waals surface area (Å²) in [5.41, 5.74) is 0.654. The summed E-state index contributed by atoms with van der Waals surface area (Å²) >= 11 is 5.93. The lowest BCUT2D eigenvalue weighted by Crippen LogP contribution is -2.47. The third-order valence-corrected chi connectivity index (χ3v) is 3.50. The van der Waals surface area contributed by atoms with Gasteiger partial charge in [-0.05, 0) is 12.1 Å². The number of nitro benzene ring substituents is 1. The second-order valence-electron chi connectivity index (χ2n) is 4.44. The number of piperazine rings is 1. The number of nitrogens with zero attached hydrogens (tertiary/aromatic N) is 3. The normalized spacial score (nSPS) is 15.8. The molecule has 1 aromatic rings. The van der Waals surface area contributed by atoms with E-state index in [9.17, 15) is 10.1 Å². The van der Waals surface area contributed by atoms with Crippen LogP contribution in [0.4, 0.5) is 11.4 Å². The molecule has 1 aliphatic heterocycles. The minimum absolute atomic E-state index is 0. The highest BCUT2D eigenvalue weighted by Crippen LogP contribution is 2.31. The predicted octanol–water partition coefficient (Wildman–Crippen LogP) is 1.78. The van der Waals surface area contributed by atoms with Crippen molar-refractivity contribution in [3.8, 4) is 0 Å². The predicted molar refractivity (Wildman–Crippen MR) is 81.1 cm³/mol. The zero-order valence-corrected chi connectivity index (χ0v) is 12.4. The molecule has 8 heteroatoms. The fraction of sp³-hybridized carbons (Fsp3) is 0.500. The minimum Gasteiger partial charge on any atom is -0.395 e. The molecule has 1 saturated heterocycles. The third kappa shape index (κ3) is 3.96. The largest absolute Gasteiger partial charge is 0.395 e. The molecule has 112 valence electrons. The summed E-state index contributed by atoms with van der Waals surface area (Å²) in [5, 5.41) is 20.4. The molecule has 0 saturated carbocycles. The lowest BCUT2D eigenvalue weighted by Gasteiger charge is -2.35. The van der Waals surface area contributed by atoms with Crippen LogP contribution in [0.15, 0.2) is 18.2 Å². The average Bonchev–Trinajstić information content (AvgIpc) is 2.39. The van der Waals surface area contributed by atoms with Gasteiger partial charge in [-0.1, -0.05) is 11.6 Å². The van der Waals surface area contributed by atoms with Crippen molar-refractivity contribution in [3.63, 3.8) is 0 Å². The number of β-amino-alcohol motifs (C(OH)–C–C–N with tert-alkyl or cyclic N) is 1. The van der Waals surface area contributed by atoms with Gasteiger partial charge in [-0.25, -0.2) is 0 Å². The maximum absolute atomic E-state index is 11.0. The first kappa shape index (κ1) is 17.0. The average molecular weight is 322 g/mol. The maximum atomic E-state index is 11.0. The zero-order chi connectivity index (χ0) is 13.8. The molecule has 0 atom stereocenters. The third-order valence-electron chi connectivity index (χ3n) is 3.26. The van der Waals surface area contributed by atoms with Crippen molar-refractivity contribution >= 4 is 35.4 Å². The van der Waals surface area contributed by atoms with Gasteiger partial charge in [0, 0.05) is 43.8 Å². The summed E-state index contributed by atoms with van der Waals surface area (Å²) in [4.78, 5) is 14.8. The van der Waals surface area contributed by atoms with Crippen molar-refractivity contribution in [1.82, 2.24) is 4.90 Å². The number of hydrogen-bond acceptors (Lipinski definition) is 5. The quantitative estimate of drug-likeness (QED) is 0.676. The molecule has 6 nitrogen and oxygen atoms in total. The van der Waals surface area contributed by atoms with E-state index in [0.717, 1.165) is 13.1 Å². The van der Waals surface area contributed by atoms with Crippen LogP contribution < -0.4 is 4.90 Å². The van der Waals surface area contributed by atoms with Crippen LogP contribution in [0.2, 0.25) is 5.02 Å². The van der Waals surface area contributed by atoms with Gasteiger partial charge in [0.05, 0.1) is 11.5 Å². The summed E-state index contributed by atoms with van der Waals surface area (Å²) in [7, 11) is 0. The summed E-state index contributed by atoms with van der Waals surface area (Å²) in [6.07, 6.45) is 0. The summed E-state index contributed by atoms with van der Waals surface area (Å²) in [6.45, 7) is 3.74. The smallest absolute Gasteiger partial charge is 0.292 e. The van der Waals surface area contributed by atoms with E-state index in [1.54, 1.807) is 6.07 Å². The summed E-state index contributed by atoms with van der Waals surface area (Å²) in [5.74, 6) is 0. The van der Waals surface area contributed by atoms with E-state index < -0.39 is 0 Å². The number of benzene rings is 1. The molecule has 1 fully saturated rings. The molecule has 0 unspecified atom stereocenters.